The number of anilines is 1. The van der Waals surface area contributed by atoms with Gasteiger partial charge in [-0.3, -0.25) is 9.59 Å². The summed E-state index contributed by atoms with van der Waals surface area (Å²) in [6, 6.07) is 7.91. The fourth-order valence-electron chi connectivity index (χ4n) is 2.13. The zero-order valence-corrected chi connectivity index (χ0v) is 12.9. The summed E-state index contributed by atoms with van der Waals surface area (Å²) in [5, 5.41) is 12.6. The van der Waals surface area contributed by atoms with E-state index < -0.39 is 11.8 Å². The van der Waals surface area contributed by atoms with E-state index in [0.29, 0.717) is 5.69 Å². The van der Waals surface area contributed by atoms with Crippen LogP contribution in [0.4, 0.5) is 5.69 Å². The molecule has 0 aliphatic rings. The fourth-order valence-corrected chi connectivity index (χ4v) is 2.38. The van der Waals surface area contributed by atoms with Gasteiger partial charge in [-0.25, -0.2) is 0 Å². The van der Waals surface area contributed by atoms with E-state index in [0.717, 1.165) is 17.2 Å². The van der Waals surface area contributed by atoms with E-state index >= 15 is 0 Å². The molecule has 0 saturated carbocycles. The first kappa shape index (κ1) is 15.9. The molecule has 0 saturated heterocycles. The third-order valence-corrected chi connectivity index (χ3v) is 3.63. The van der Waals surface area contributed by atoms with Crippen LogP contribution in [0.1, 0.15) is 31.8 Å². The van der Waals surface area contributed by atoms with Crippen LogP contribution in [-0.4, -0.2) is 16.9 Å². The number of carbonyl (C=O) groups is 2. The van der Waals surface area contributed by atoms with Crippen molar-refractivity contribution in [2.24, 2.45) is 5.73 Å². The lowest BCUT2D eigenvalue weighted by molar-refractivity contribution is 0.100. The molecule has 0 aliphatic heterocycles. The zero-order chi connectivity index (χ0) is 16.4. The number of hydrogen-bond acceptors (Lipinski definition) is 3. The molecule has 4 N–H and O–H groups in total. The summed E-state index contributed by atoms with van der Waals surface area (Å²) in [6.45, 7) is 3.72. The Morgan fingerprint density at radius 1 is 1.14 bits per heavy atom. The highest BCUT2D eigenvalue weighted by Gasteiger charge is 2.18. The number of carbonyl (C=O) groups excluding carboxylic acids is 2. The van der Waals surface area contributed by atoms with E-state index in [9.17, 15) is 14.7 Å². The SMILES string of the molecule is Cc1cccc(C)c1NC(=O)c1cc(C(N)=O)c(Cl)cc1O. The van der Waals surface area contributed by atoms with Crippen molar-refractivity contribution < 1.29 is 14.7 Å². The van der Waals surface area contributed by atoms with Crippen LogP contribution in [0.2, 0.25) is 5.02 Å². The number of hydrogen-bond donors (Lipinski definition) is 3. The molecule has 2 aromatic rings. The average molecular weight is 319 g/mol. The van der Waals surface area contributed by atoms with Gasteiger partial charge in [-0.2, -0.15) is 0 Å². The van der Waals surface area contributed by atoms with Crippen LogP contribution in [0, 0.1) is 13.8 Å². The highest BCUT2D eigenvalue weighted by Crippen LogP contribution is 2.28. The number of para-hydroxylation sites is 1. The second kappa shape index (κ2) is 6.07. The lowest BCUT2D eigenvalue weighted by Gasteiger charge is -2.13. The van der Waals surface area contributed by atoms with E-state index in [1.54, 1.807) is 0 Å². The molecule has 2 amide bonds. The number of aryl methyl sites for hydroxylation is 2. The molecule has 0 unspecified atom stereocenters. The van der Waals surface area contributed by atoms with Gasteiger partial charge in [-0.05, 0) is 31.0 Å². The topological polar surface area (TPSA) is 92.4 Å². The molecule has 2 rings (SSSR count). The molecule has 0 atom stereocenters. The van der Waals surface area contributed by atoms with Crippen molar-refractivity contribution in [2.45, 2.75) is 13.8 Å². The quantitative estimate of drug-likeness (QED) is 0.812. The summed E-state index contributed by atoms with van der Waals surface area (Å²) in [4.78, 5) is 23.7. The van der Waals surface area contributed by atoms with Crippen molar-refractivity contribution >= 4 is 29.1 Å². The van der Waals surface area contributed by atoms with Crippen LogP contribution < -0.4 is 11.1 Å². The number of rotatable bonds is 3. The number of aromatic hydroxyl groups is 1. The smallest absolute Gasteiger partial charge is 0.259 e. The lowest BCUT2D eigenvalue weighted by atomic mass is 10.1. The van der Waals surface area contributed by atoms with Gasteiger partial charge in [0.2, 0.25) is 5.91 Å². The van der Waals surface area contributed by atoms with Crippen molar-refractivity contribution in [3.63, 3.8) is 0 Å². The largest absolute Gasteiger partial charge is 0.507 e. The second-order valence-corrected chi connectivity index (χ2v) is 5.34. The van der Waals surface area contributed by atoms with Crippen molar-refractivity contribution in [2.75, 3.05) is 5.32 Å². The summed E-state index contributed by atoms with van der Waals surface area (Å²) >= 11 is 5.82. The Bertz CT molecular complexity index is 752. The molecule has 0 bridgehead atoms. The van der Waals surface area contributed by atoms with Gasteiger partial charge in [0.15, 0.2) is 0 Å². The Morgan fingerprint density at radius 2 is 1.73 bits per heavy atom. The molecule has 2 aromatic carbocycles. The summed E-state index contributed by atoms with van der Waals surface area (Å²) < 4.78 is 0. The average Bonchev–Trinajstić information content (AvgIpc) is 2.42. The van der Waals surface area contributed by atoms with Gasteiger partial charge in [-0.1, -0.05) is 29.8 Å². The highest BCUT2D eigenvalue weighted by atomic mass is 35.5. The predicted molar refractivity (Wildman–Crippen MR) is 85.5 cm³/mol. The van der Waals surface area contributed by atoms with Gasteiger partial charge in [0.1, 0.15) is 5.75 Å². The molecule has 0 radical (unpaired) electrons. The third kappa shape index (κ3) is 3.04. The van der Waals surface area contributed by atoms with Crippen molar-refractivity contribution in [1.29, 1.82) is 0 Å². The molecular weight excluding hydrogens is 304 g/mol. The summed E-state index contributed by atoms with van der Waals surface area (Å²) in [7, 11) is 0. The van der Waals surface area contributed by atoms with Crippen LogP contribution >= 0.6 is 11.6 Å². The molecule has 5 nitrogen and oxygen atoms in total. The first-order chi connectivity index (χ1) is 10.3. The van der Waals surface area contributed by atoms with Gasteiger partial charge in [0.05, 0.1) is 16.1 Å². The second-order valence-electron chi connectivity index (χ2n) is 4.93. The van der Waals surface area contributed by atoms with E-state index in [1.165, 1.54) is 6.07 Å². The third-order valence-electron chi connectivity index (χ3n) is 3.32. The minimum absolute atomic E-state index is 0.00591. The van der Waals surface area contributed by atoms with E-state index in [4.69, 9.17) is 17.3 Å². The van der Waals surface area contributed by atoms with Crippen LogP contribution in [0.5, 0.6) is 5.75 Å². The van der Waals surface area contributed by atoms with Crippen LogP contribution in [0.25, 0.3) is 0 Å². The Morgan fingerprint density at radius 3 is 2.27 bits per heavy atom. The van der Waals surface area contributed by atoms with Gasteiger partial charge < -0.3 is 16.2 Å². The summed E-state index contributed by atoms with van der Waals surface area (Å²) in [6.07, 6.45) is 0. The standard InChI is InChI=1S/C16H15ClN2O3/c1-8-4-3-5-9(2)14(8)19-16(22)11-6-10(15(18)21)12(17)7-13(11)20/h3-7,20H,1-2H3,(H2,18,21)(H,19,22). The molecule has 0 spiro atoms. The monoisotopic (exact) mass is 318 g/mol. The highest BCUT2D eigenvalue weighted by molar-refractivity contribution is 6.34. The van der Waals surface area contributed by atoms with Crippen LogP contribution in [0.15, 0.2) is 30.3 Å². The Kier molecular flexibility index (Phi) is 4.37. The minimum atomic E-state index is -0.772. The van der Waals surface area contributed by atoms with Crippen LogP contribution in [0.3, 0.4) is 0 Å². The minimum Gasteiger partial charge on any atom is -0.507 e. The van der Waals surface area contributed by atoms with E-state index in [1.807, 2.05) is 32.0 Å². The molecule has 0 aromatic heterocycles. The molecule has 0 fully saturated rings. The normalized spacial score (nSPS) is 10.3. The predicted octanol–water partition coefficient (Wildman–Crippen LogP) is 3.01. The number of nitrogens with two attached hydrogens (primary N) is 1. The zero-order valence-electron chi connectivity index (χ0n) is 12.1. The number of nitrogens with one attached hydrogen (secondary N) is 1. The van der Waals surface area contributed by atoms with Gasteiger partial charge in [0.25, 0.3) is 5.91 Å². The maximum Gasteiger partial charge on any atom is 0.259 e. The number of amides is 2. The Hall–Kier alpha value is -2.53. The molecule has 22 heavy (non-hydrogen) atoms. The fraction of sp³-hybridized carbons (Fsp3) is 0.125. The Labute approximate surface area is 132 Å². The number of phenolic OH excluding ortho intramolecular Hbond substituents is 1. The van der Waals surface area contributed by atoms with Gasteiger partial charge >= 0.3 is 0 Å². The summed E-state index contributed by atoms with van der Waals surface area (Å²) in [5.41, 5.74) is 7.53. The van der Waals surface area contributed by atoms with Gasteiger partial charge in [-0.15, -0.1) is 0 Å². The number of phenols is 1. The lowest BCUT2D eigenvalue weighted by Crippen LogP contribution is -2.17. The Balaban J connectivity index is 2.42. The van der Waals surface area contributed by atoms with E-state index in [2.05, 4.69) is 5.32 Å². The number of primary amides is 1. The molecule has 6 heteroatoms. The van der Waals surface area contributed by atoms with E-state index in [-0.39, 0.29) is 21.9 Å². The maximum absolute atomic E-state index is 12.4. The van der Waals surface area contributed by atoms with Crippen molar-refractivity contribution in [3.8, 4) is 5.75 Å². The van der Waals surface area contributed by atoms with Gasteiger partial charge in [0, 0.05) is 11.8 Å². The molecule has 0 heterocycles. The number of halogens is 1. The van der Waals surface area contributed by atoms with Crippen molar-refractivity contribution in [1.82, 2.24) is 0 Å². The first-order valence-corrected chi connectivity index (χ1v) is 6.89. The maximum atomic E-state index is 12.4. The first-order valence-electron chi connectivity index (χ1n) is 6.51. The van der Waals surface area contributed by atoms with Crippen molar-refractivity contribution in [3.05, 3.63) is 57.6 Å². The number of benzene rings is 2. The molecule has 0 aliphatic carbocycles. The molecular formula is C16H15ClN2O3. The van der Waals surface area contributed by atoms with Crippen LogP contribution in [-0.2, 0) is 0 Å². The summed E-state index contributed by atoms with van der Waals surface area (Å²) in [5.74, 6) is -1.64. The molecule has 114 valence electrons.